The minimum Gasteiger partial charge on any atom is -0.382 e. The van der Waals surface area contributed by atoms with Crippen molar-refractivity contribution < 1.29 is 0 Å². The molecule has 0 aliphatic rings. The average Bonchev–Trinajstić information content (AvgIpc) is 2.58. The maximum absolute atomic E-state index is 5.56. The molecule has 0 saturated heterocycles. The molecule has 2 rings (SSSR count). The van der Waals surface area contributed by atoms with Crippen molar-refractivity contribution in [2.75, 3.05) is 5.73 Å². The smallest absolute Gasteiger partial charge is 0.146 e. The van der Waals surface area contributed by atoms with E-state index in [1.807, 2.05) is 26.2 Å². The lowest BCUT2D eigenvalue weighted by Crippen LogP contribution is -1.97. The Morgan fingerprint density at radius 3 is 2.69 bits per heavy atom. The summed E-state index contributed by atoms with van der Waals surface area (Å²) in [7, 11) is 1.87. The summed E-state index contributed by atoms with van der Waals surface area (Å²) in [6.07, 6.45) is 3.64. The first-order valence-electron chi connectivity index (χ1n) is 3.98. The second-order valence-corrected chi connectivity index (χ2v) is 2.99. The van der Waals surface area contributed by atoms with Crippen LogP contribution in [-0.2, 0) is 7.05 Å². The third-order valence-electron chi connectivity index (χ3n) is 1.84. The zero-order valence-electron chi connectivity index (χ0n) is 7.60. The zero-order chi connectivity index (χ0) is 9.42. The minimum absolute atomic E-state index is 0.529. The second kappa shape index (κ2) is 2.62. The monoisotopic (exact) mass is 177 g/mol. The molecule has 0 saturated carbocycles. The summed E-state index contributed by atoms with van der Waals surface area (Å²) < 4.78 is 3.50. The molecule has 0 unspecified atom stereocenters. The van der Waals surface area contributed by atoms with Gasteiger partial charge in [-0.05, 0) is 6.92 Å². The number of hydrogen-bond acceptors (Lipinski definition) is 3. The van der Waals surface area contributed by atoms with Crippen LogP contribution in [-0.4, -0.2) is 19.6 Å². The maximum atomic E-state index is 5.56. The van der Waals surface area contributed by atoms with Crippen molar-refractivity contribution in [3.8, 4) is 5.69 Å². The summed E-state index contributed by atoms with van der Waals surface area (Å²) in [6.45, 7) is 1.95. The van der Waals surface area contributed by atoms with Crippen LogP contribution in [0, 0.1) is 6.92 Å². The predicted molar refractivity (Wildman–Crippen MR) is 49.5 cm³/mol. The number of nitrogens with two attached hydrogens (primary N) is 1. The third-order valence-corrected chi connectivity index (χ3v) is 1.84. The number of nitrogens with zero attached hydrogens (tertiary/aromatic N) is 4. The van der Waals surface area contributed by atoms with Crippen molar-refractivity contribution in [1.29, 1.82) is 0 Å². The summed E-state index contributed by atoms with van der Waals surface area (Å²) in [4.78, 5) is 0. The van der Waals surface area contributed by atoms with Crippen LogP contribution in [0.3, 0.4) is 0 Å². The molecule has 0 aliphatic heterocycles. The quantitative estimate of drug-likeness (QED) is 0.689. The van der Waals surface area contributed by atoms with Gasteiger partial charge in [0.2, 0.25) is 0 Å². The third kappa shape index (κ3) is 1.28. The molecule has 2 N–H and O–H groups in total. The lowest BCUT2D eigenvalue weighted by Gasteiger charge is -1.97. The Labute approximate surface area is 75.8 Å². The van der Waals surface area contributed by atoms with E-state index in [1.54, 1.807) is 15.6 Å². The maximum Gasteiger partial charge on any atom is 0.146 e. The fraction of sp³-hybridized carbons (Fsp3) is 0.250. The van der Waals surface area contributed by atoms with Crippen molar-refractivity contribution in [2.45, 2.75) is 6.92 Å². The predicted octanol–water partition coefficient (Wildman–Crippen LogP) is 0.496. The van der Waals surface area contributed by atoms with Crippen molar-refractivity contribution >= 4 is 5.82 Å². The largest absolute Gasteiger partial charge is 0.382 e. The van der Waals surface area contributed by atoms with Crippen LogP contribution in [0.1, 0.15) is 5.69 Å². The molecule has 0 bridgehead atoms. The Morgan fingerprint density at radius 2 is 2.23 bits per heavy atom. The van der Waals surface area contributed by atoms with E-state index < -0.39 is 0 Å². The van der Waals surface area contributed by atoms with Gasteiger partial charge in [-0.1, -0.05) is 0 Å². The van der Waals surface area contributed by atoms with Crippen LogP contribution >= 0.6 is 0 Å². The highest BCUT2D eigenvalue weighted by Crippen LogP contribution is 2.11. The summed E-state index contributed by atoms with van der Waals surface area (Å²) in [5.41, 5.74) is 7.50. The van der Waals surface area contributed by atoms with Gasteiger partial charge >= 0.3 is 0 Å². The number of aryl methyl sites for hydroxylation is 2. The molecule has 2 aromatic heterocycles. The van der Waals surface area contributed by atoms with Crippen molar-refractivity contribution in [2.24, 2.45) is 7.05 Å². The molecule has 0 atom stereocenters. The Bertz CT molecular complexity index is 425. The molecule has 5 heteroatoms. The first kappa shape index (κ1) is 7.85. The van der Waals surface area contributed by atoms with E-state index in [4.69, 9.17) is 5.73 Å². The van der Waals surface area contributed by atoms with E-state index in [0.717, 1.165) is 11.4 Å². The Morgan fingerprint density at radius 1 is 1.46 bits per heavy atom. The molecular formula is C8H11N5. The van der Waals surface area contributed by atoms with Crippen molar-refractivity contribution in [1.82, 2.24) is 19.6 Å². The lowest BCUT2D eigenvalue weighted by atomic mass is 10.4. The Hall–Kier alpha value is -1.78. The normalized spacial score (nSPS) is 10.6. The molecule has 0 radical (unpaired) electrons. The summed E-state index contributed by atoms with van der Waals surface area (Å²) in [5, 5.41) is 8.19. The van der Waals surface area contributed by atoms with Crippen molar-refractivity contribution in [3.05, 3.63) is 24.2 Å². The van der Waals surface area contributed by atoms with E-state index in [2.05, 4.69) is 10.2 Å². The van der Waals surface area contributed by atoms with Gasteiger partial charge in [-0.3, -0.25) is 4.68 Å². The van der Waals surface area contributed by atoms with E-state index in [9.17, 15) is 0 Å². The highest BCUT2D eigenvalue weighted by molar-refractivity contribution is 5.35. The standard InChI is InChI=1S/C8H11N5/c1-6-3-8(9)11-13(6)7-4-10-12(2)5-7/h3-5H,1-2H3,(H2,9,11). The SMILES string of the molecule is Cc1cc(N)nn1-c1cnn(C)c1. The second-order valence-electron chi connectivity index (χ2n) is 2.99. The van der Waals surface area contributed by atoms with Gasteiger partial charge in [0, 0.05) is 18.8 Å². The summed E-state index contributed by atoms with van der Waals surface area (Å²) in [6, 6.07) is 1.83. The molecule has 0 aromatic carbocycles. The number of nitrogen functional groups attached to an aromatic ring is 1. The molecule has 0 fully saturated rings. The van der Waals surface area contributed by atoms with Gasteiger partial charge in [0.15, 0.2) is 0 Å². The Balaban J connectivity index is 2.51. The van der Waals surface area contributed by atoms with Gasteiger partial charge in [-0.25, -0.2) is 4.68 Å². The molecule has 0 aliphatic carbocycles. The van der Waals surface area contributed by atoms with Gasteiger partial charge in [0.25, 0.3) is 0 Å². The van der Waals surface area contributed by atoms with Crippen LogP contribution in [0.5, 0.6) is 0 Å². The van der Waals surface area contributed by atoms with E-state index in [-0.39, 0.29) is 0 Å². The Kier molecular flexibility index (Phi) is 1.58. The average molecular weight is 177 g/mol. The van der Waals surface area contributed by atoms with Gasteiger partial charge in [-0.2, -0.15) is 10.2 Å². The highest BCUT2D eigenvalue weighted by Gasteiger charge is 2.04. The number of hydrogen-bond donors (Lipinski definition) is 1. The molecule has 0 amide bonds. The van der Waals surface area contributed by atoms with Gasteiger partial charge in [-0.15, -0.1) is 0 Å². The van der Waals surface area contributed by atoms with E-state index in [0.29, 0.717) is 5.82 Å². The van der Waals surface area contributed by atoms with Crippen molar-refractivity contribution in [3.63, 3.8) is 0 Å². The molecular weight excluding hydrogens is 166 g/mol. The molecule has 13 heavy (non-hydrogen) atoms. The highest BCUT2D eigenvalue weighted by atomic mass is 15.3. The molecule has 2 heterocycles. The van der Waals surface area contributed by atoms with E-state index >= 15 is 0 Å². The number of aromatic nitrogens is 4. The van der Waals surface area contributed by atoms with Gasteiger partial charge < -0.3 is 5.73 Å². The fourth-order valence-electron chi connectivity index (χ4n) is 1.28. The molecule has 68 valence electrons. The van der Waals surface area contributed by atoms with Crippen LogP contribution in [0.25, 0.3) is 5.69 Å². The minimum atomic E-state index is 0.529. The first-order chi connectivity index (χ1) is 6.16. The molecule has 0 spiro atoms. The fourth-order valence-corrected chi connectivity index (χ4v) is 1.28. The number of anilines is 1. The molecule has 2 aromatic rings. The zero-order valence-corrected chi connectivity index (χ0v) is 7.60. The number of rotatable bonds is 1. The molecule has 5 nitrogen and oxygen atoms in total. The van der Waals surface area contributed by atoms with Crippen LogP contribution in [0.2, 0.25) is 0 Å². The van der Waals surface area contributed by atoms with Gasteiger partial charge in [0.05, 0.1) is 12.4 Å². The van der Waals surface area contributed by atoms with E-state index in [1.165, 1.54) is 0 Å². The van der Waals surface area contributed by atoms with Crippen LogP contribution in [0.15, 0.2) is 18.5 Å². The van der Waals surface area contributed by atoms with Crippen LogP contribution < -0.4 is 5.73 Å². The van der Waals surface area contributed by atoms with Gasteiger partial charge in [0.1, 0.15) is 11.5 Å². The van der Waals surface area contributed by atoms with Crippen LogP contribution in [0.4, 0.5) is 5.82 Å². The first-order valence-corrected chi connectivity index (χ1v) is 3.98. The summed E-state index contributed by atoms with van der Waals surface area (Å²) in [5.74, 6) is 0.529. The summed E-state index contributed by atoms with van der Waals surface area (Å²) >= 11 is 0. The topological polar surface area (TPSA) is 61.7 Å². The lowest BCUT2D eigenvalue weighted by molar-refractivity contribution is 0.765.